The van der Waals surface area contributed by atoms with Gasteiger partial charge >= 0.3 is 0 Å². The van der Waals surface area contributed by atoms with Gasteiger partial charge in [0.1, 0.15) is 6.10 Å². The zero-order valence-electron chi connectivity index (χ0n) is 13.7. The largest absolute Gasteiger partial charge is 0.366 e. The van der Waals surface area contributed by atoms with Crippen molar-refractivity contribution in [3.05, 3.63) is 18.2 Å². The number of fused-ring (bicyclic) bond motifs is 1. The van der Waals surface area contributed by atoms with Crippen molar-refractivity contribution >= 4 is 63.1 Å². The molecule has 0 saturated carbocycles. The Kier molecular flexibility index (Phi) is 7.27. The number of thiazole rings is 1. The zero-order chi connectivity index (χ0) is 15.6. The lowest BCUT2D eigenvalue weighted by atomic mass is 10.2. The molecule has 1 aromatic heterocycles. The Morgan fingerprint density at radius 3 is 2.84 bits per heavy atom. The third-order valence-electron chi connectivity index (χ3n) is 4.24. The fraction of sp³-hybridized carbons (Fsp3) is 0.500. The maximum Gasteiger partial charge on any atom is 0.254 e. The van der Waals surface area contributed by atoms with Crippen LogP contribution in [0.15, 0.2) is 18.2 Å². The maximum atomic E-state index is 12.2. The molecule has 0 aliphatic carbocycles. The standard InChI is InChI=1S/C16H20N4O2S.2ClH/c21-15(13-10-17-5-8-22-13)18-11-3-4-12-14(9-11)23-16(19-12)20-6-1-2-7-20;;/h3-4,9,13,17H,1-2,5-8,10H2,(H,18,21);2*1H. The van der Waals surface area contributed by atoms with Crippen LogP contribution in [-0.4, -0.2) is 49.8 Å². The number of morpholine rings is 1. The molecule has 0 bridgehead atoms. The third-order valence-corrected chi connectivity index (χ3v) is 5.32. The van der Waals surface area contributed by atoms with Gasteiger partial charge in [-0.25, -0.2) is 4.98 Å². The Morgan fingerprint density at radius 2 is 2.12 bits per heavy atom. The lowest BCUT2D eigenvalue weighted by Gasteiger charge is -2.22. The average molecular weight is 405 g/mol. The number of carbonyl (C=O) groups is 1. The number of benzene rings is 1. The number of hydrogen-bond donors (Lipinski definition) is 2. The number of halogens is 2. The molecule has 1 atom stereocenters. The molecule has 4 rings (SSSR count). The number of ether oxygens (including phenoxy) is 1. The van der Waals surface area contributed by atoms with Gasteiger partial charge in [0, 0.05) is 31.9 Å². The van der Waals surface area contributed by atoms with E-state index in [9.17, 15) is 4.79 Å². The van der Waals surface area contributed by atoms with Crippen molar-refractivity contribution in [2.75, 3.05) is 43.0 Å². The second kappa shape index (κ2) is 9.00. The highest BCUT2D eigenvalue weighted by Crippen LogP contribution is 2.32. The van der Waals surface area contributed by atoms with E-state index in [1.165, 1.54) is 12.8 Å². The molecule has 2 N–H and O–H groups in total. The molecule has 1 amide bonds. The summed E-state index contributed by atoms with van der Waals surface area (Å²) in [6.07, 6.45) is 2.07. The summed E-state index contributed by atoms with van der Waals surface area (Å²) in [6.45, 7) is 4.12. The highest BCUT2D eigenvalue weighted by atomic mass is 35.5. The maximum absolute atomic E-state index is 12.2. The van der Waals surface area contributed by atoms with E-state index in [4.69, 9.17) is 9.72 Å². The molecule has 9 heteroatoms. The smallest absolute Gasteiger partial charge is 0.254 e. The summed E-state index contributed by atoms with van der Waals surface area (Å²) in [5.41, 5.74) is 1.79. The number of rotatable bonds is 3. The number of hydrogen-bond acceptors (Lipinski definition) is 6. The van der Waals surface area contributed by atoms with Gasteiger partial charge in [-0.3, -0.25) is 4.79 Å². The van der Waals surface area contributed by atoms with E-state index in [2.05, 4.69) is 15.5 Å². The number of nitrogens with zero attached hydrogens (tertiary/aromatic N) is 2. The monoisotopic (exact) mass is 404 g/mol. The summed E-state index contributed by atoms with van der Waals surface area (Å²) >= 11 is 1.69. The molecular weight excluding hydrogens is 383 g/mol. The van der Waals surface area contributed by atoms with Crippen LogP contribution < -0.4 is 15.5 Å². The van der Waals surface area contributed by atoms with Crippen LogP contribution in [0.1, 0.15) is 12.8 Å². The van der Waals surface area contributed by atoms with E-state index in [-0.39, 0.29) is 30.7 Å². The van der Waals surface area contributed by atoms with Gasteiger partial charge in [-0.2, -0.15) is 0 Å². The number of nitrogens with one attached hydrogen (secondary N) is 2. The number of amides is 1. The van der Waals surface area contributed by atoms with Gasteiger partial charge in [0.05, 0.1) is 16.8 Å². The summed E-state index contributed by atoms with van der Waals surface area (Å²) in [7, 11) is 0. The van der Waals surface area contributed by atoms with Gasteiger partial charge in [-0.05, 0) is 31.0 Å². The normalized spacial score (nSPS) is 20.0. The molecule has 6 nitrogen and oxygen atoms in total. The fourth-order valence-electron chi connectivity index (χ4n) is 2.99. The molecule has 2 aromatic rings. The van der Waals surface area contributed by atoms with Crippen molar-refractivity contribution < 1.29 is 9.53 Å². The number of anilines is 2. The topological polar surface area (TPSA) is 66.5 Å². The minimum Gasteiger partial charge on any atom is -0.366 e. The van der Waals surface area contributed by atoms with Gasteiger partial charge in [0.15, 0.2) is 5.13 Å². The Labute approximate surface area is 163 Å². The minimum atomic E-state index is -0.416. The van der Waals surface area contributed by atoms with Crippen molar-refractivity contribution in [2.45, 2.75) is 18.9 Å². The quantitative estimate of drug-likeness (QED) is 0.822. The van der Waals surface area contributed by atoms with Crippen molar-refractivity contribution in [1.29, 1.82) is 0 Å². The Balaban J connectivity index is 0.00000113. The molecule has 2 saturated heterocycles. The second-order valence-electron chi connectivity index (χ2n) is 5.93. The molecule has 2 aliphatic heterocycles. The minimum absolute atomic E-state index is 0. The summed E-state index contributed by atoms with van der Waals surface area (Å²) in [5.74, 6) is -0.0965. The van der Waals surface area contributed by atoms with Crippen molar-refractivity contribution in [1.82, 2.24) is 10.3 Å². The van der Waals surface area contributed by atoms with E-state index >= 15 is 0 Å². The highest BCUT2D eigenvalue weighted by molar-refractivity contribution is 7.22. The molecule has 2 aliphatic rings. The lowest BCUT2D eigenvalue weighted by molar-refractivity contribution is -0.128. The molecule has 25 heavy (non-hydrogen) atoms. The van der Waals surface area contributed by atoms with Crippen LogP contribution in [-0.2, 0) is 9.53 Å². The van der Waals surface area contributed by atoms with Crippen molar-refractivity contribution in [3.63, 3.8) is 0 Å². The van der Waals surface area contributed by atoms with Crippen LogP contribution in [0.3, 0.4) is 0 Å². The average Bonchev–Trinajstić information content (AvgIpc) is 3.24. The van der Waals surface area contributed by atoms with Gasteiger partial charge in [-0.15, -0.1) is 24.8 Å². The summed E-state index contributed by atoms with van der Waals surface area (Å²) < 4.78 is 6.58. The zero-order valence-corrected chi connectivity index (χ0v) is 16.1. The number of aromatic nitrogens is 1. The van der Waals surface area contributed by atoms with Crippen molar-refractivity contribution in [2.24, 2.45) is 0 Å². The van der Waals surface area contributed by atoms with Gasteiger partial charge < -0.3 is 20.3 Å². The lowest BCUT2D eigenvalue weighted by Crippen LogP contribution is -2.45. The molecule has 138 valence electrons. The molecule has 0 radical (unpaired) electrons. The summed E-state index contributed by atoms with van der Waals surface area (Å²) in [5, 5.41) is 7.19. The molecular formula is C16H22Cl2N4O2S. The molecule has 0 spiro atoms. The predicted molar refractivity (Wildman–Crippen MR) is 107 cm³/mol. The van der Waals surface area contributed by atoms with Crippen LogP contribution in [0.25, 0.3) is 10.2 Å². The highest BCUT2D eigenvalue weighted by Gasteiger charge is 2.22. The third kappa shape index (κ3) is 4.54. The van der Waals surface area contributed by atoms with Gasteiger partial charge in [-0.1, -0.05) is 11.3 Å². The Morgan fingerprint density at radius 1 is 1.32 bits per heavy atom. The first-order valence-corrected chi connectivity index (χ1v) is 8.90. The Hall–Kier alpha value is -1.12. The first-order chi connectivity index (χ1) is 11.3. The van der Waals surface area contributed by atoms with Gasteiger partial charge in [0.25, 0.3) is 5.91 Å². The fourth-order valence-corrected chi connectivity index (χ4v) is 4.05. The second-order valence-corrected chi connectivity index (χ2v) is 6.94. The first-order valence-electron chi connectivity index (χ1n) is 8.08. The molecule has 2 fully saturated rings. The van der Waals surface area contributed by atoms with Crippen LogP contribution in [0.2, 0.25) is 0 Å². The van der Waals surface area contributed by atoms with E-state index in [0.29, 0.717) is 13.2 Å². The van der Waals surface area contributed by atoms with Crippen LogP contribution in [0, 0.1) is 0 Å². The molecule has 1 aromatic carbocycles. The van der Waals surface area contributed by atoms with Crippen LogP contribution in [0.4, 0.5) is 10.8 Å². The molecule has 1 unspecified atom stereocenters. The predicted octanol–water partition coefficient (Wildman–Crippen LogP) is 2.67. The van der Waals surface area contributed by atoms with Crippen LogP contribution >= 0.6 is 36.2 Å². The Bertz CT molecular complexity index is 715. The van der Waals surface area contributed by atoms with Crippen LogP contribution in [0.5, 0.6) is 0 Å². The van der Waals surface area contributed by atoms with Crippen molar-refractivity contribution in [3.8, 4) is 0 Å². The van der Waals surface area contributed by atoms with E-state index in [1.807, 2.05) is 18.2 Å². The first kappa shape index (κ1) is 20.2. The van der Waals surface area contributed by atoms with E-state index < -0.39 is 6.10 Å². The van der Waals surface area contributed by atoms with Gasteiger partial charge in [0.2, 0.25) is 0 Å². The summed E-state index contributed by atoms with van der Waals surface area (Å²) in [6, 6.07) is 5.88. The number of carbonyl (C=O) groups excluding carboxylic acids is 1. The SMILES string of the molecule is Cl.Cl.O=C(Nc1ccc2nc(N3CCCC3)sc2c1)C1CNCCO1. The summed E-state index contributed by atoms with van der Waals surface area (Å²) in [4.78, 5) is 19.3. The molecule has 3 heterocycles. The van der Waals surface area contributed by atoms with E-state index in [0.717, 1.165) is 40.7 Å². The van der Waals surface area contributed by atoms with E-state index in [1.54, 1.807) is 11.3 Å².